The minimum atomic E-state index is -1.01. The summed E-state index contributed by atoms with van der Waals surface area (Å²) in [6, 6.07) is 8.08. The van der Waals surface area contributed by atoms with Crippen molar-refractivity contribution < 1.29 is 14.6 Å². The van der Waals surface area contributed by atoms with Gasteiger partial charge in [-0.15, -0.1) is 0 Å². The van der Waals surface area contributed by atoms with E-state index in [2.05, 4.69) is 4.98 Å². The van der Waals surface area contributed by atoms with Crippen LogP contribution in [0, 0.1) is 13.8 Å². The van der Waals surface area contributed by atoms with E-state index in [1.54, 1.807) is 25.1 Å². The number of halogens is 1. The van der Waals surface area contributed by atoms with E-state index in [9.17, 15) is 4.79 Å². The number of ether oxygens (including phenoxy) is 1. The fourth-order valence-corrected chi connectivity index (χ4v) is 1.73. The van der Waals surface area contributed by atoms with E-state index in [0.29, 0.717) is 16.5 Å². The summed E-state index contributed by atoms with van der Waals surface area (Å²) >= 11 is 5.93. The zero-order valence-electron chi connectivity index (χ0n) is 10.5. The quantitative estimate of drug-likeness (QED) is 0.926. The summed E-state index contributed by atoms with van der Waals surface area (Å²) in [4.78, 5) is 15.1. The van der Waals surface area contributed by atoms with Crippen molar-refractivity contribution in [2.24, 2.45) is 0 Å². The second-order valence-electron chi connectivity index (χ2n) is 4.15. The van der Waals surface area contributed by atoms with Gasteiger partial charge in [0.25, 0.3) is 0 Å². The van der Waals surface area contributed by atoms with Crippen LogP contribution in [0.4, 0.5) is 0 Å². The lowest BCUT2D eigenvalue weighted by Crippen LogP contribution is -2.00. The summed E-state index contributed by atoms with van der Waals surface area (Å²) in [5, 5.41) is 9.63. The summed E-state index contributed by atoms with van der Waals surface area (Å²) in [5.41, 5.74) is 1.61. The summed E-state index contributed by atoms with van der Waals surface area (Å²) in [6.45, 7) is 3.58. The molecule has 0 aliphatic heterocycles. The SMILES string of the molecule is Cc1cc(C(=O)O)cc(Oc2ccc(Cl)c(C)c2)n1. The molecule has 0 fully saturated rings. The maximum atomic E-state index is 11.0. The number of hydrogen-bond acceptors (Lipinski definition) is 3. The highest BCUT2D eigenvalue weighted by Crippen LogP contribution is 2.25. The number of rotatable bonds is 3. The van der Waals surface area contributed by atoms with Gasteiger partial charge >= 0.3 is 5.97 Å². The van der Waals surface area contributed by atoms with Crippen molar-refractivity contribution in [3.05, 3.63) is 52.2 Å². The third-order valence-corrected chi connectivity index (χ3v) is 2.95. The number of hydrogen-bond donors (Lipinski definition) is 1. The fourth-order valence-electron chi connectivity index (χ4n) is 1.62. The first kappa shape index (κ1) is 13.4. The molecule has 2 aromatic rings. The predicted molar refractivity (Wildman–Crippen MR) is 72.2 cm³/mol. The molecule has 1 heterocycles. The van der Waals surface area contributed by atoms with Crippen molar-refractivity contribution in [2.75, 3.05) is 0 Å². The highest BCUT2D eigenvalue weighted by molar-refractivity contribution is 6.31. The summed E-state index contributed by atoms with van der Waals surface area (Å²) in [7, 11) is 0. The van der Waals surface area contributed by atoms with Gasteiger partial charge in [0.05, 0.1) is 5.56 Å². The Morgan fingerprint density at radius 2 is 2.00 bits per heavy atom. The molecule has 98 valence electrons. The molecule has 1 aromatic carbocycles. The molecule has 0 amide bonds. The molecule has 5 heteroatoms. The normalized spacial score (nSPS) is 10.3. The van der Waals surface area contributed by atoms with Crippen LogP contribution in [0.5, 0.6) is 11.6 Å². The molecule has 19 heavy (non-hydrogen) atoms. The van der Waals surface area contributed by atoms with Gasteiger partial charge < -0.3 is 9.84 Å². The Morgan fingerprint density at radius 3 is 2.63 bits per heavy atom. The Morgan fingerprint density at radius 1 is 1.26 bits per heavy atom. The topological polar surface area (TPSA) is 59.4 Å². The fraction of sp³-hybridized carbons (Fsp3) is 0.143. The summed E-state index contributed by atoms with van der Waals surface area (Å²) in [6.07, 6.45) is 0. The lowest BCUT2D eigenvalue weighted by atomic mass is 10.2. The van der Waals surface area contributed by atoms with Crippen LogP contribution in [0.1, 0.15) is 21.6 Å². The van der Waals surface area contributed by atoms with E-state index in [-0.39, 0.29) is 11.4 Å². The highest BCUT2D eigenvalue weighted by atomic mass is 35.5. The summed E-state index contributed by atoms with van der Waals surface area (Å²) < 4.78 is 5.55. The number of carboxylic acids is 1. The molecule has 2 rings (SSSR count). The van der Waals surface area contributed by atoms with Crippen LogP contribution in [0.3, 0.4) is 0 Å². The molecule has 0 saturated heterocycles. The molecule has 0 radical (unpaired) electrons. The lowest BCUT2D eigenvalue weighted by Gasteiger charge is -2.08. The highest BCUT2D eigenvalue weighted by Gasteiger charge is 2.08. The van der Waals surface area contributed by atoms with Crippen LogP contribution < -0.4 is 4.74 Å². The Bertz CT molecular complexity index is 641. The number of aryl methyl sites for hydroxylation is 2. The molecule has 0 saturated carbocycles. The van der Waals surface area contributed by atoms with E-state index < -0.39 is 5.97 Å². The second-order valence-corrected chi connectivity index (χ2v) is 4.56. The van der Waals surface area contributed by atoms with Crippen LogP contribution in [0.15, 0.2) is 30.3 Å². The zero-order valence-corrected chi connectivity index (χ0v) is 11.2. The maximum Gasteiger partial charge on any atom is 0.335 e. The van der Waals surface area contributed by atoms with Crippen molar-refractivity contribution in [1.29, 1.82) is 0 Å². The van der Waals surface area contributed by atoms with Crippen molar-refractivity contribution in [3.63, 3.8) is 0 Å². The molecule has 0 bridgehead atoms. The predicted octanol–water partition coefficient (Wildman–Crippen LogP) is 3.84. The Kier molecular flexibility index (Phi) is 3.71. The number of nitrogens with zero attached hydrogens (tertiary/aromatic N) is 1. The van der Waals surface area contributed by atoms with Gasteiger partial charge in [0.15, 0.2) is 0 Å². The number of pyridine rings is 1. The number of benzene rings is 1. The van der Waals surface area contributed by atoms with Gasteiger partial charge in [-0.2, -0.15) is 0 Å². The van der Waals surface area contributed by atoms with Crippen LogP contribution in [-0.2, 0) is 0 Å². The first-order chi connectivity index (χ1) is 8.95. The van der Waals surface area contributed by atoms with Crippen molar-refractivity contribution >= 4 is 17.6 Å². The summed E-state index contributed by atoms with van der Waals surface area (Å²) in [5.74, 6) is -0.196. The molecule has 0 unspecified atom stereocenters. The number of carboxylic acid groups (broad SMARTS) is 1. The van der Waals surface area contributed by atoms with E-state index in [0.717, 1.165) is 5.56 Å². The van der Waals surface area contributed by atoms with Gasteiger partial charge in [-0.3, -0.25) is 0 Å². The smallest absolute Gasteiger partial charge is 0.335 e. The van der Waals surface area contributed by atoms with E-state index in [1.807, 2.05) is 6.92 Å². The van der Waals surface area contributed by atoms with Gasteiger partial charge in [-0.05, 0) is 43.7 Å². The first-order valence-electron chi connectivity index (χ1n) is 5.61. The van der Waals surface area contributed by atoms with Crippen molar-refractivity contribution in [2.45, 2.75) is 13.8 Å². The number of carbonyl (C=O) groups is 1. The lowest BCUT2D eigenvalue weighted by molar-refractivity contribution is 0.0696. The Hall–Kier alpha value is -2.07. The monoisotopic (exact) mass is 277 g/mol. The zero-order chi connectivity index (χ0) is 14.0. The van der Waals surface area contributed by atoms with E-state index in [4.69, 9.17) is 21.4 Å². The first-order valence-corrected chi connectivity index (χ1v) is 5.99. The maximum absolute atomic E-state index is 11.0. The second kappa shape index (κ2) is 5.28. The van der Waals surface area contributed by atoms with Gasteiger partial charge in [-0.1, -0.05) is 11.6 Å². The minimum Gasteiger partial charge on any atom is -0.478 e. The number of aromatic carboxylic acids is 1. The molecule has 1 N–H and O–H groups in total. The Labute approximate surface area is 115 Å². The molecule has 0 aliphatic rings. The third kappa shape index (κ3) is 3.23. The molecule has 0 atom stereocenters. The molecule has 0 aliphatic carbocycles. The van der Waals surface area contributed by atoms with Crippen LogP contribution in [0.2, 0.25) is 5.02 Å². The van der Waals surface area contributed by atoms with Crippen LogP contribution in [0.25, 0.3) is 0 Å². The van der Waals surface area contributed by atoms with Gasteiger partial charge in [0.1, 0.15) is 5.75 Å². The molecule has 4 nitrogen and oxygen atoms in total. The average molecular weight is 278 g/mol. The van der Waals surface area contributed by atoms with Crippen molar-refractivity contribution in [3.8, 4) is 11.6 Å². The molecular formula is C14H12ClNO3. The van der Waals surface area contributed by atoms with Crippen molar-refractivity contribution in [1.82, 2.24) is 4.98 Å². The number of aromatic nitrogens is 1. The standard InChI is InChI=1S/C14H12ClNO3/c1-8-5-11(3-4-12(8)15)19-13-7-10(14(17)18)6-9(2)16-13/h3-7H,1-2H3,(H,17,18). The van der Waals surface area contributed by atoms with Gasteiger partial charge in [0.2, 0.25) is 5.88 Å². The van der Waals surface area contributed by atoms with Gasteiger partial charge in [-0.25, -0.2) is 9.78 Å². The van der Waals surface area contributed by atoms with E-state index in [1.165, 1.54) is 12.1 Å². The average Bonchev–Trinajstić information content (AvgIpc) is 2.33. The van der Waals surface area contributed by atoms with Crippen LogP contribution >= 0.6 is 11.6 Å². The molecule has 0 spiro atoms. The molecule has 1 aromatic heterocycles. The third-order valence-electron chi connectivity index (χ3n) is 2.53. The largest absolute Gasteiger partial charge is 0.478 e. The van der Waals surface area contributed by atoms with Crippen LogP contribution in [-0.4, -0.2) is 16.1 Å². The Balaban J connectivity index is 2.32. The van der Waals surface area contributed by atoms with Gasteiger partial charge in [0, 0.05) is 16.8 Å². The minimum absolute atomic E-state index is 0.146. The van der Waals surface area contributed by atoms with E-state index >= 15 is 0 Å². The molecular weight excluding hydrogens is 266 g/mol.